The highest BCUT2D eigenvalue weighted by atomic mass is 16.5. The standard InChI is InChI=1S/C18H21N5O4/c1-20(9-12-5-7-13(27-4)8-6-12)14(24)10-23-17(25)15-16(19-11-21(15)2)22(3)18(23)26/h5-8,11H,9-10H2,1-4H3. The number of carbonyl (C=O) groups is 1. The predicted molar refractivity (Wildman–Crippen MR) is 99.7 cm³/mol. The molecule has 9 nitrogen and oxygen atoms in total. The van der Waals surface area contributed by atoms with Crippen LogP contribution in [-0.4, -0.2) is 43.6 Å². The Labute approximate surface area is 155 Å². The van der Waals surface area contributed by atoms with Gasteiger partial charge in [0.1, 0.15) is 12.3 Å². The normalized spacial score (nSPS) is 11.0. The van der Waals surface area contributed by atoms with Crippen LogP contribution in [0, 0.1) is 0 Å². The number of imidazole rings is 1. The van der Waals surface area contributed by atoms with E-state index in [2.05, 4.69) is 4.98 Å². The van der Waals surface area contributed by atoms with E-state index < -0.39 is 11.2 Å². The van der Waals surface area contributed by atoms with Crippen molar-refractivity contribution in [2.75, 3.05) is 14.2 Å². The number of hydrogen-bond acceptors (Lipinski definition) is 5. The van der Waals surface area contributed by atoms with E-state index in [4.69, 9.17) is 4.74 Å². The summed E-state index contributed by atoms with van der Waals surface area (Å²) in [6, 6.07) is 7.33. The van der Waals surface area contributed by atoms with E-state index in [-0.39, 0.29) is 18.0 Å². The zero-order valence-corrected chi connectivity index (χ0v) is 15.7. The number of nitrogens with zero attached hydrogens (tertiary/aromatic N) is 5. The molecule has 0 spiro atoms. The Morgan fingerprint density at radius 2 is 1.85 bits per heavy atom. The first-order valence-electron chi connectivity index (χ1n) is 8.31. The van der Waals surface area contributed by atoms with Crippen molar-refractivity contribution in [2.45, 2.75) is 13.1 Å². The highest BCUT2D eigenvalue weighted by Gasteiger charge is 2.18. The molecule has 1 amide bonds. The number of methoxy groups -OCH3 is 1. The minimum atomic E-state index is -0.572. The van der Waals surface area contributed by atoms with E-state index >= 15 is 0 Å². The monoisotopic (exact) mass is 371 g/mol. The van der Waals surface area contributed by atoms with Gasteiger partial charge in [-0.15, -0.1) is 0 Å². The molecule has 1 aromatic carbocycles. The van der Waals surface area contributed by atoms with Crippen molar-refractivity contribution in [3.8, 4) is 5.75 Å². The van der Waals surface area contributed by atoms with Crippen molar-refractivity contribution in [2.24, 2.45) is 14.1 Å². The molecule has 0 atom stereocenters. The van der Waals surface area contributed by atoms with Crippen molar-refractivity contribution >= 4 is 17.1 Å². The number of carbonyl (C=O) groups excluding carboxylic acids is 1. The Bertz CT molecular complexity index is 1110. The van der Waals surface area contributed by atoms with Gasteiger partial charge in [-0.1, -0.05) is 12.1 Å². The Hall–Kier alpha value is -3.36. The molecule has 0 unspecified atom stereocenters. The predicted octanol–water partition coefficient (Wildman–Crippen LogP) is 0.101. The lowest BCUT2D eigenvalue weighted by Gasteiger charge is -2.18. The number of likely N-dealkylation sites (N-methyl/N-ethyl adjacent to an activating group) is 1. The highest BCUT2D eigenvalue weighted by Crippen LogP contribution is 2.12. The van der Waals surface area contributed by atoms with Crippen LogP contribution in [0.15, 0.2) is 40.2 Å². The fraction of sp³-hybridized carbons (Fsp3) is 0.333. The van der Waals surface area contributed by atoms with Crippen LogP contribution in [0.3, 0.4) is 0 Å². The van der Waals surface area contributed by atoms with Crippen LogP contribution in [0.4, 0.5) is 0 Å². The van der Waals surface area contributed by atoms with Crippen LogP contribution < -0.4 is 16.0 Å². The number of benzene rings is 1. The largest absolute Gasteiger partial charge is 0.497 e. The lowest BCUT2D eigenvalue weighted by molar-refractivity contribution is -0.131. The summed E-state index contributed by atoms with van der Waals surface area (Å²) < 4.78 is 8.87. The fourth-order valence-electron chi connectivity index (χ4n) is 2.88. The zero-order valence-electron chi connectivity index (χ0n) is 15.7. The molecule has 27 heavy (non-hydrogen) atoms. The molecular formula is C18H21N5O4. The summed E-state index contributed by atoms with van der Waals surface area (Å²) >= 11 is 0. The summed E-state index contributed by atoms with van der Waals surface area (Å²) in [4.78, 5) is 43.3. The van der Waals surface area contributed by atoms with Crippen molar-refractivity contribution in [1.29, 1.82) is 0 Å². The number of aryl methyl sites for hydroxylation is 2. The van der Waals surface area contributed by atoms with Gasteiger partial charge in [0.25, 0.3) is 5.56 Å². The van der Waals surface area contributed by atoms with E-state index in [0.717, 1.165) is 15.9 Å². The minimum absolute atomic E-state index is 0.280. The number of fused-ring (bicyclic) bond motifs is 1. The second-order valence-corrected chi connectivity index (χ2v) is 6.36. The summed E-state index contributed by atoms with van der Waals surface area (Å²) in [6.45, 7) is 0.0190. The van der Waals surface area contributed by atoms with Gasteiger partial charge in [0, 0.05) is 27.7 Å². The average molecular weight is 371 g/mol. The van der Waals surface area contributed by atoms with Crippen molar-refractivity contribution < 1.29 is 9.53 Å². The Kier molecular flexibility index (Phi) is 4.85. The molecule has 0 radical (unpaired) electrons. The molecule has 0 aliphatic rings. The number of amides is 1. The molecule has 0 fully saturated rings. The number of rotatable bonds is 5. The molecule has 0 aliphatic heterocycles. The third kappa shape index (κ3) is 3.35. The van der Waals surface area contributed by atoms with Gasteiger partial charge in [-0.2, -0.15) is 0 Å². The summed E-state index contributed by atoms with van der Waals surface area (Å²) in [5.74, 6) is 0.388. The molecule has 0 bridgehead atoms. The van der Waals surface area contributed by atoms with Crippen molar-refractivity contribution in [3.63, 3.8) is 0 Å². The van der Waals surface area contributed by atoms with Gasteiger partial charge < -0.3 is 14.2 Å². The average Bonchev–Trinajstić information content (AvgIpc) is 3.05. The SMILES string of the molecule is COc1ccc(CN(C)C(=O)Cn2c(=O)c3c(ncn3C)n(C)c2=O)cc1. The second-order valence-electron chi connectivity index (χ2n) is 6.36. The van der Waals surface area contributed by atoms with Gasteiger partial charge in [-0.3, -0.25) is 14.2 Å². The van der Waals surface area contributed by atoms with Crippen molar-refractivity contribution in [1.82, 2.24) is 23.6 Å². The summed E-state index contributed by atoms with van der Waals surface area (Å²) in [6.07, 6.45) is 1.47. The van der Waals surface area contributed by atoms with Gasteiger partial charge in [-0.25, -0.2) is 14.3 Å². The first kappa shape index (κ1) is 18.4. The molecule has 0 aliphatic carbocycles. The molecule has 0 N–H and O–H groups in total. The lowest BCUT2D eigenvalue weighted by Crippen LogP contribution is -2.43. The maximum absolute atomic E-state index is 12.7. The summed E-state index contributed by atoms with van der Waals surface area (Å²) in [5.41, 5.74) is 0.385. The highest BCUT2D eigenvalue weighted by molar-refractivity contribution is 5.76. The van der Waals surface area contributed by atoms with Crippen LogP contribution in [0.2, 0.25) is 0 Å². The maximum Gasteiger partial charge on any atom is 0.332 e. The van der Waals surface area contributed by atoms with E-state index in [9.17, 15) is 14.4 Å². The van der Waals surface area contributed by atoms with Crippen LogP contribution in [0.1, 0.15) is 5.56 Å². The molecular weight excluding hydrogens is 350 g/mol. The van der Waals surface area contributed by atoms with Gasteiger partial charge in [0.05, 0.1) is 13.4 Å². The molecule has 2 aromatic heterocycles. The maximum atomic E-state index is 12.7. The molecule has 142 valence electrons. The first-order chi connectivity index (χ1) is 12.8. The van der Waals surface area contributed by atoms with Crippen molar-refractivity contribution in [3.05, 3.63) is 57.0 Å². The van der Waals surface area contributed by atoms with Crippen LogP contribution in [-0.2, 0) is 32.0 Å². The van der Waals surface area contributed by atoms with Crippen LogP contribution >= 0.6 is 0 Å². The van der Waals surface area contributed by atoms with Crippen LogP contribution in [0.25, 0.3) is 11.2 Å². The Morgan fingerprint density at radius 3 is 2.48 bits per heavy atom. The summed E-state index contributed by atoms with van der Waals surface area (Å²) in [5, 5.41) is 0. The van der Waals surface area contributed by atoms with E-state index in [1.807, 2.05) is 24.3 Å². The van der Waals surface area contributed by atoms with E-state index in [1.54, 1.807) is 25.8 Å². The first-order valence-corrected chi connectivity index (χ1v) is 8.31. The third-order valence-corrected chi connectivity index (χ3v) is 4.50. The molecule has 9 heteroatoms. The zero-order chi connectivity index (χ0) is 19.7. The van der Waals surface area contributed by atoms with Gasteiger partial charge in [-0.05, 0) is 17.7 Å². The van der Waals surface area contributed by atoms with Crippen LogP contribution in [0.5, 0.6) is 5.75 Å². The smallest absolute Gasteiger partial charge is 0.332 e. The van der Waals surface area contributed by atoms with E-state index in [0.29, 0.717) is 12.2 Å². The Morgan fingerprint density at radius 1 is 1.19 bits per heavy atom. The molecule has 0 saturated heterocycles. The molecule has 2 heterocycles. The molecule has 3 aromatic rings. The Balaban J connectivity index is 1.86. The topological polar surface area (TPSA) is 91.4 Å². The number of aromatic nitrogens is 4. The summed E-state index contributed by atoms with van der Waals surface area (Å²) in [7, 11) is 6.41. The molecule has 0 saturated carbocycles. The lowest BCUT2D eigenvalue weighted by atomic mass is 10.2. The molecule has 3 rings (SSSR count). The second kappa shape index (κ2) is 7.10. The van der Waals surface area contributed by atoms with Gasteiger partial charge in [0.15, 0.2) is 11.2 Å². The number of ether oxygens (including phenoxy) is 1. The quantitative estimate of drug-likeness (QED) is 0.634. The number of hydrogen-bond donors (Lipinski definition) is 0. The van der Waals surface area contributed by atoms with Gasteiger partial charge in [0.2, 0.25) is 5.91 Å². The van der Waals surface area contributed by atoms with Gasteiger partial charge >= 0.3 is 5.69 Å². The van der Waals surface area contributed by atoms with E-state index in [1.165, 1.54) is 22.8 Å². The minimum Gasteiger partial charge on any atom is -0.497 e. The fourth-order valence-corrected chi connectivity index (χ4v) is 2.88. The third-order valence-electron chi connectivity index (χ3n) is 4.50.